The van der Waals surface area contributed by atoms with Gasteiger partial charge in [-0.1, -0.05) is 12.1 Å². The van der Waals surface area contributed by atoms with Crippen molar-refractivity contribution in [2.75, 3.05) is 26.6 Å². The monoisotopic (exact) mass is 383 g/mol. The second kappa shape index (κ2) is 8.38. The van der Waals surface area contributed by atoms with Crippen LogP contribution in [0.1, 0.15) is 11.1 Å². The second-order valence-electron chi connectivity index (χ2n) is 5.92. The average Bonchev–Trinajstić information content (AvgIpc) is 3.23. The van der Waals surface area contributed by atoms with Crippen LogP contribution < -0.4 is 19.5 Å². The van der Waals surface area contributed by atoms with Gasteiger partial charge in [0.2, 0.25) is 11.7 Å². The topological polar surface area (TPSA) is 100 Å². The Kier molecular flexibility index (Phi) is 5.73. The van der Waals surface area contributed by atoms with Crippen LogP contribution in [0.4, 0.5) is 5.69 Å². The number of rotatable bonds is 7. The molecule has 28 heavy (non-hydrogen) atoms. The van der Waals surface area contributed by atoms with E-state index in [0.29, 0.717) is 28.5 Å². The van der Waals surface area contributed by atoms with E-state index >= 15 is 0 Å². The number of aromatic nitrogens is 4. The lowest BCUT2D eigenvalue weighted by atomic mass is 10.1. The maximum Gasteiger partial charge on any atom is 0.228 e. The minimum Gasteiger partial charge on any atom is -0.493 e. The first-order chi connectivity index (χ1) is 13.6. The first-order valence-corrected chi connectivity index (χ1v) is 8.49. The van der Waals surface area contributed by atoms with Crippen molar-refractivity contribution in [1.29, 1.82) is 0 Å². The number of benzene rings is 2. The Morgan fingerprint density at radius 3 is 2.50 bits per heavy atom. The predicted octanol–water partition coefficient (Wildman–Crippen LogP) is 2.18. The summed E-state index contributed by atoms with van der Waals surface area (Å²) in [6, 6.07) is 9.06. The van der Waals surface area contributed by atoms with Crippen LogP contribution in [0.2, 0.25) is 0 Å². The van der Waals surface area contributed by atoms with E-state index in [1.807, 2.05) is 25.1 Å². The van der Waals surface area contributed by atoms with Crippen molar-refractivity contribution in [2.24, 2.45) is 0 Å². The maximum atomic E-state index is 12.7. The molecule has 0 aliphatic heterocycles. The molecule has 0 atom stereocenters. The molecule has 0 fully saturated rings. The van der Waals surface area contributed by atoms with E-state index in [0.717, 1.165) is 11.3 Å². The molecule has 2 aromatic carbocycles. The van der Waals surface area contributed by atoms with Gasteiger partial charge in [-0.25, -0.2) is 4.68 Å². The Balaban J connectivity index is 1.83. The highest BCUT2D eigenvalue weighted by Gasteiger charge is 2.18. The van der Waals surface area contributed by atoms with Gasteiger partial charge >= 0.3 is 0 Å². The molecular weight excluding hydrogens is 362 g/mol. The zero-order valence-electron chi connectivity index (χ0n) is 16.1. The molecule has 9 nitrogen and oxygen atoms in total. The van der Waals surface area contributed by atoms with Crippen LogP contribution >= 0.6 is 0 Å². The van der Waals surface area contributed by atoms with E-state index in [1.54, 1.807) is 23.9 Å². The van der Waals surface area contributed by atoms with Gasteiger partial charge in [0.15, 0.2) is 11.5 Å². The summed E-state index contributed by atoms with van der Waals surface area (Å²) in [5, 5.41) is 14.1. The molecule has 0 radical (unpaired) electrons. The van der Waals surface area contributed by atoms with E-state index in [4.69, 9.17) is 14.2 Å². The molecule has 9 heteroatoms. The van der Waals surface area contributed by atoms with Crippen molar-refractivity contribution >= 4 is 11.6 Å². The molecule has 1 N–H and O–H groups in total. The van der Waals surface area contributed by atoms with E-state index in [2.05, 4.69) is 20.8 Å². The van der Waals surface area contributed by atoms with Crippen molar-refractivity contribution in [1.82, 2.24) is 20.2 Å². The smallest absolute Gasteiger partial charge is 0.228 e. The zero-order chi connectivity index (χ0) is 20.1. The average molecular weight is 383 g/mol. The predicted molar refractivity (Wildman–Crippen MR) is 102 cm³/mol. The van der Waals surface area contributed by atoms with Crippen LogP contribution in [0.5, 0.6) is 17.2 Å². The van der Waals surface area contributed by atoms with Gasteiger partial charge in [-0.3, -0.25) is 4.79 Å². The maximum absolute atomic E-state index is 12.7. The van der Waals surface area contributed by atoms with Gasteiger partial charge in [-0.15, -0.1) is 5.10 Å². The number of hydrogen-bond acceptors (Lipinski definition) is 7. The normalized spacial score (nSPS) is 10.4. The molecule has 1 aromatic heterocycles. The largest absolute Gasteiger partial charge is 0.493 e. The Bertz CT molecular complexity index is 973. The van der Waals surface area contributed by atoms with Gasteiger partial charge in [0, 0.05) is 11.3 Å². The third-order valence-electron chi connectivity index (χ3n) is 4.31. The van der Waals surface area contributed by atoms with Gasteiger partial charge in [0.1, 0.15) is 6.33 Å². The molecule has 3 rings (SSSR count). The SMILES string of the molecule is COc1ccc(CC(=O)Nc2cccc(-n3cnnn3)c2C)c(OC)c1OC. The number of carbonyl (C=O) groups is 1. The van der Waals surface area contributed by atoms with Gasteiger partial charge in [-0.05, 0) is 41.1 Å². The zero-order valence-corrected chi connectivity index (χ0v) is 16.1. The van der Waals surface area contributed by atoms with Crippen molar-refractivity contribution in [3.63, 3.8) is 0 Å². The summed E-state index contributed by atoms with van der Waals surface area (Å²) in [6.45, 7) is 1.89. The first kappa shape index (κ1) is 19.2. The molecule has 3 aromatic rings. The highest BCUT2D eigenvalue weighted by atomic mass is 16.5. The van der Waals surface area contributed by atoms with E-state index in [1.165, 1.54) is 20.5 Å². The molecule has 0 unspecified atom stereocenters. The van der Waals surface area contributed by atoms with E-state index < -0.39 is 0 Å². The number of anilines is 1. The number of methoxy groups -OCH3 is 3. The molecule has 1 heterocycles. The Morgan fingerprint density at radius 2 is 1.86 bits per heavy atom. The number of nitrogens with one attached hydrogen (secondary N) is 1. The molecule has 0 aliphatic carbocycles. The van der Waals surface area contributed by atoms with Crippen molar-refractivity contribution < 1.29 is 19.0 Å². The number of hydrogen-bond donors (Lipinski definition) is 1. The molecule has 0 saturated heterocycles. The van der Waals surface area contributed by atoms with Crippen LogP contribution in [0.3, 0.4) is 0 Å². The van der Waals surface area contributed by atoms with Gasteiger partial charge in [0.05, 0.1) is 33.4 Å². The number of nitrogens with zero attached hydrogens (tertiary/aromatic N) is 4. The summed E-state index contributed by atoms with van der Waals surface area (Å²) in [6.07, 6.45) is 1.61. The van der Waals surface area contributed by atoms with Crippen LogP contribution in [-0.4, -0.2) is 47.4 Å². The van der Waals surface area contributed by atoms with Gasteiger partial charge in [-0.2, -0.15) is 0 Å². The van der Waals surface area contributed by atoms with Crippen molar-refractivity contribution in [3.8, 4) is 22.9 Å². The molecule has 146 valence electrons. The summed E-state index contributed by atoms with van der Waals surface area (Å²) in [7, 11) is 4.60. The fourth-order valence-electron chi connectivity index (χ4n) is 2.95. The quantitative estimate of drug-likeness (QED) is 0.667. The number of amides is 1. The standard InChI is InChI=1S/C19H21N5O4/c1-12-14(6-5-7-15(12)24-11-20-22-23-24)21-17(25)10-13-8-9-16(26-2)19(28-4)18(13)27-3/h5-9,11H,10H2,1-4H3,(H,21,25). The van der Waals surface area contributed by atoms with Crippen LogP contribution in [-0.2, 0) is 11.2 Å². The summed E-state index contributed by atoms with van der Waals surface area (Å²) in [5.74, 6) is 1.26. The highest BCUT2D eigenvalue weighted by Crippen LogP contribution is 2.40. The highest BCUT2D eigenvalue weighted by molar-refractivity contribution is 5.94. The Hall–Kier alpha value is -3.62. The second-order valence-corrected chi connectivity index (χ2v) is 5.92. The molecular formula is C19H21N5O4. The minimum absolute atomic E-state index is 0.109. The van der Waals surface area contributed by atoms with E-state index in [-0.39, 0.29) is 12.3 Å². The number of carbonyl (C=O) groups excluding carboxylic acids is 1. The summed E-state index contributed by atoms with van der Waals surface area (Å²) >= 11 is 0. The third kappa shape index (κ3) is 3.73. The lowest BCUT2D eigenvalue weighted by Gasteiger charge is -2.16. The fourth-order valence-corrected chi connectivity index (χ4v) is 2.95. The Labute approximate surface area is 162 Å². The van der Waals surface area contributed by atoms with Crippen LogP contribution in [0.15, 0.2) is 36.7 Å². The van der Waals surface area contributed by atoms with Crippen LogP contribution in [0.25, 0.3) is 5.69 Å². The summed E-state index contributed by atoms with van der Waals surface area (Å²) in [5.41, 5.74) is 3.00. The van der Waals surface area contributed by atoms with Gasteiger partial charge < -0.3 is 19.5 Å². The number of tetrazole rings is 1. The molecule has 0 spiro atoms. The molecule has 0 aliphatic rings. The van der Waals surface area contributed by atoms with Crippen molar-refractivity contribution in [2.45, 2.75) is 13.3 Å². The summed E-state index contributed by atoms with van der Waals surface area (Å²) < 4.78 is 17.6. The minimum atomic E-state index is -0.192. The molecule has 0 bridgehead atoms. The Morgan fingerprint density at radius 1 is 1.07 bits per heavy atom. The molecule has 1 amide bonds. The summed E-state index contributed by atoms with van der Waals surface area (Å²) in [4.78, 5) is 12.7. The number of ether oxygens (including phenoxy) is 3. The molecule has 0 saturated carbocycles. The van der Waals surface area contributed by atoms with Crippen LogP contribution in [0, 0.1) is 6.92 Å². The lowest BCUT2D eigenvalue weighted by Crippen LogP contribution is -2.16. The van der Waals surface area contributed by atoms with Crippen molar-refractivity contribution in [3.05, 3.63) is 47.8 Å². The van der Waals surface area contributed by atoms with E-state index in [9.17, 15) is 4.79 Å². The van der Waals surface area contributed by atoms with Gasteiger partial charge in [0.25, 0.3) is 0 Å². The third-order valence-corrected chi connectivity index (χ3v) is 4.31. The fraction of sp³-hybridized carbons (Fsp3) is 0.263. The first-order valence-electron chi connectivity index (χ1n) is 8.49. The lowest BCUT2D eigenvalue weighted by molar-refractivity contribution is -0.115.